The monoisotopic (exact) mass is 317 g/mol. The van der Waals surface area contributed by atoms with Crippen molar-refractivity contribution in [2.45, 2.75) is 11.3 Å². The van der Waals surface area contributed by atoms with Gasteiger partial charge < -0.3 is 5.32 Å². The smallest absolute Gasteiger partial charge is 0.272 e. The lowest BCUT2D eigenvalue weighted by Crippen LogP contribution is -2.37. The number of nitro benzene ring substituents is 1. The average molecular weight is 317 g/mol. The first-order chi connectivity index (χ1) is 9.82. The van der Waals surface area contributed by atoms with Crippen molar-refractivity contribution >= 4 is 21.6 Å². The molecule has 1 saturated heterocycles. The molecule has 10 heteroatoms. The first-order valence-corrected chi connectivity index (χ1v) is 7.47. The SMILES string of the molecule is O=C1CN(S(=O)(=O)c2ccc([N+](=O)[O-])cc2F)CCCN1. The van der Waals surface area contributed by atoms with E-state index in [9.17, 15) is 27.7 Å². The summed E-state index contributed by atoms with van der Waals surface area (Å²) in [7, 11) is -4.22. The highest BCUT2D eigenvalue weighted by atomic mass is 32.2. The highest BCUT2D eigenvalue weighted by molar-refractivity contribution is 7.89. The van der Waals surface area contributed by atoms with Gasteiger partial charge in [0.25, 0.3) is 5.69 Å². The summed E-state index contributed by atoms with van der Waals surface area (Å²) >= 11 is 0. The van der Waals surface area contributed by atoms with Crippen LogP contribution in [0.25, 0.3) is 0 Å². The maximum absolute atomic E-state index is 13.8. The molecule has 1 aromatic rings. The molecule has 1 N–H and O–H groups in total. The summed E-state index contributed by atoms with van der Waals surface area (Å²) in [6.07, 6.45) is 0.402. The fourth-order valence-electron chi connectivity index (χ4n) is 1.94. The van der Waals surface area contributed by atoms with Gasteiger partial charge in [-0.2, -0.15) is 4.31 Å². The summed E-state index contributed by atoms with van der Waals surface area (Å²) in [6.45, 7) is 0.00383. The van der Waals surface area contributed by atoms with Crippen molar-refractivity contribution in [1.29, 1.82) is 0 Å². The van der Waals surface area contributed by atoms with Crippen LogP contribution in [0.15, 0.2) is 23.1 Å². The van der Waals surface area contributed by atoms with Gasteiger partial charge in [0.05, 0.1) is 17.5 Å². The van der Waals surface area contributed by atoms with Gasteiger partial charge in [-0.25, -0.2) is 12.8 Å². The van der Waals surface area contributed by atoms with E-state index in [2.05, 4.69) is 5.32 Å². The Morgan fingerprint density at radius 2 is 2.10 bits per heavy atom. The van der Waals surface area contributed by atoms with E-state index in [4.69, 9.17) is 0 Å². The first-order valence-electron chi connectivity index (χ1n) is 6.03. The minimum absolute atomic E-state index is 0.0670. The van der Waals surface area contributed by atoms with E-state index in [1.165, 1.54) is 0 Å². The molecule has 1 fully saturated rings. The van der Waals surface area contributed by atoms with Crippen LogP contribution in [-0.4, -0.2) is 43.2 Å². The van der Waals surface area contributed by atoms with Crippen molar-refractivity contribution in [3.8, 4) is 0 Å². The second-order valence-corrected chi connectivity index (χ2v) is 6.32. The minimum atomic E-state index is -4.22. The third kappa shape index (κ3) is 3.16. The van der Waals surface area contributed by atoms with Crippen LogP contribution in [0, 0.1) is 15.9 Å². The van der Waals surface area contributed by atoms with E-state index < -0.39 is 43.8 Å². The third-order valence-electron chi connectivity index (χ3n) is 2.97. The molecule has 1 amide bonds. The molecule has 0 radical (unpaired) electrons. The molecule has 0 spiro atoms. The van der Waals surface area contributed by atoms with Gasteiger partial charge in [-0.15, -0.1) is 0 Å². The number of rotatable bonds is 3. The summed E-state index contributed by atoms with van der Waals surface area (Å²) in [6, 6.07) is 2.30. The van der Waals surface area contributed by atoms with Crippen LogP contribution in [0.2, 0.25) is 0 Å². The molecule has 21 heavy (non-hydrogen) atoms. The quantitative estimate of drug-likeness (QED) is 0.634. The van der Waals surface area contributed by atoms with E-state index >= 15 is 0 Å². The number of non-ortho nitro benzene ring substituents is 1. The van der Waals surface area contributed by atoms with Gasteiger partial charge in [0.2, 0.25) is 15.9 Å². The number of hydrogen-bond donors (Lipinski definition) is 1. The molecule has 114 valence electrons. The lowest BCUT2D eigenvalue weighted by atomic mass is 10.3. The Hall–Kier alpha value is -2.07. The molecule has 0 unspecified atom stereocenters. The van der Waals surface area contributed by atoms with Crippen LogP contribution >= 0.6 is 0 Å². The Morgan fingerprint density at radius 1 is 1.38 bits per heavy atom. The molecule has 1 aromatic carbocycles. The van der Waals surface area contributed by atoms with E-state index in [0.717, 1.165) is 16.4 Å². The molecule has 1 aliphatic heterocycles. The van der Waals surface area contributed by atoms with Gasteiger partial charge in [0.1, 0.15) is 10.7 Å². The molecular formula is C11H12FN3O5S. The predicted octanol–water partition coefficient (Wildman–Crippen LogP) is 0.244. The zero-order valence-corrected chi connectivity index (χ0v) is 11.6. The van der Waals surface area contributed by atoms with Crippen LogP contribution in [-0.2, 0) is 14.8 Å². The van der Waals surface area contributed by atoms with Crippen molar-refractivity contribution in [2.75, 3.05) is 19.6 Å². The summed E-state index contributed by atoms with van der Waals surface area (Å²) < 4.78 is 39.4. The largest absolute Gasteiger partial charge is 0.355 e. The number of sulfonamides is 1. The van der Waals surface area contributed by atoms with E-state index in [-0.39, 0.29) is 6.54 Å². The van der Waals surface area contributed by atoms with Crippen LogP contribution in [0.4, 0.5) is 10.1 Å². The molecule has 0 bridgehead atoms. The van der Waals surface area contributed by atoms with Crippen molar-refractivity contribution in [1.82, 2.24) is 9.62 Å². The molecule has 1 heterocycles. The predicted molar refractivity (Wildman–Crippen MR) is 69.4 cm³/mol. The number of carbonyl (C=O) groups excluding carboxylic acids is 1. The number of nitrogens with one attached hydrogen (secondary N) is 1. The van der Waals surface area contributed by atoms with Crippen molar-refractivity contribution in [3.63, 3.8) is 0 Å². The zero-order valence-electron chi connectivity index (χ0n) is 10.8. The lowest BCUT2D eigenvalue weighted by Gasteiger charge is -2.18. The van der Waals surface area contributed by atoms with Crippen molar-refractivity contribution in [3.05, 3.63) is 34.1 Å². The number of hydrogen-bond acceptors (Lipinski definition) is 5. The maximum Gasteiger partial charge on any atom is 0.272 e. The number of nitrogens with zero attached hydrogens (tertiary/aromatic N) is 2. The normalized spacial score (nSPS) is 17.1. The van der Waals surface area contributed by atoms with Crippen LogP contribution < -0.4 is 5.32 Å². The van der Waals surface area contributed by atoms with Gasteiger partial charge in [-0.3, -0.25) is 14.9 Å². The molecule has 8 nitrogen and oxygen atoms in total. The number of halogens is 1. The number of benzene rings is 1. The summed E-state index contributed by atoms with van der Waals surface area (Å²) in [4.78, 5) is 20.4. The van der Waals surface area contributed by atoms with E-state index in [0.29, 0.717) is 19.0 Å². The van der Waals surface area contributed by atoms with E-state index in [1.54, 1.807) is 0 Å². The molecular weight excluding hydrogens is 305 g/mol. The molecule has 1 aliphatic rings. The van der Waals surface area contributed by atoms with Gasteiger partial charge in [-0.05, 0) is 12.5 Å². The van der Waals surface area contributed by atoms with Gasteiger partial charge in [0.15, 0.2) is 0 Å². The average Bonchev–Trinajstić information content (AvgIpc) is 2.63. The van der Waals surface area contributed by atoms with Gasteiger partial charge in [-0.1, -0.05) is 0 Å². The first kappa shape index (κ1) is 15.3. The lowest BCUT2D eigenvalue weighted by molar-refractivity contribution is -0.385. The highest BCUT2D eigenvalue weighted by Crippen LogP contribution is 2.23. The topological polar surface area (TPSA) is 110 Å². The zero-order chi connectivity index (χ0) is 15.6. The fraction of sp³-hybridized carbons (Fsp3) is 0.364. The van der Waals surface area contributed by atoms with Crippen LogP contribution in [0.5, 0.6) is 0 Å². The standard InChI is InChI=1S/C11H12FN3O5S/c12-9-6-8(15(17)18)2-3-10(9)21(19,20)14-5-1-4-13-11(16)7-14/h2-3,6H,1,4-5,7H2,(H,13,16). The maximum atomic E-state index is 13.8. The molecule has 0 atom stereocenters. The molecule has 0 saturated carbocycles. The Balaban J connectivity index is 2.39. The number of nitro groups is 1. The summed E-state index contributed by atoms with van der Waals surface area (Å²) in [5.74, 6) is -1.69. The number of carbonyl (C=O) groups is 1. The second-order valence-electron chi connectivity index (χ2n) is 4.41. The van der Waals surface area contributed by atoms with Crippen molar-refractivity contribution < 1.29 is 22.5 Å². The van der Waals surface area contributed by atoms with Crippen LogP contribution in [0.1, 0.15) is 6.42 Å². The summed E-state index contributed by atoms with van der Waals surface area (Å²) in [5.41, 5.74) is -0.542. The number of amides is 1. The Kier molecular flexibility index (Phi) is 4.19. The Morgan fingerprint density at radius 3 is 2.71 bits per heavy atom. The van der Waals surface area contributed by atoms with Gasteiger partial charge in [0, 0.05) is 19.2 Å². The van der Waals surface area contributed by atoms with Gasteiger partial charge >= 0.3 is 0 Å². The highest BCUT2D eigenvalue weighted by Gasteiger charge is 2.31. The molecule has 0 aliphatic carbocycles. The summed E-state index contributed by atoms with van der Waals surface area (Å²) in [5, 5.41) is 13.0. The second kappa shape index (κ2) is 5.74. The third-order valence-corrected chi connectivity index (χ3v) is 4.85. The van der Waals surface area contributed by atoms with E-state index in [1.807, 2.05) is 0 Å². The fourth-order valence-corrected chi connectivity index (χ4v) is 3.42. The minimum Gasteiger partial charge on any atom is -0.355 e. The Bertz CT molecular complexity index is 691. The van der Waals surface area contributed by atoms with Crippen LogP contribution in [0.3, 0.4) is 0 Å². The molecule has 2 rings (SSSR count). The molecule has 0 aromatic heterocycles. The Labute approximate surface area is 119 Å². The van der Waals surface area contributed by atoms with Crippen molar-refractivity contribution in [2.24, 2.45) is 0 Å².